The third-order valence-electron chi connectivity index (χ3n) is 12.4. The SMILES string of the molecule is c1ccc(-c2nc(-c3ccccc3)nc(-c3ccc4oc5ccc(-c6ccc7c(c6)c6ccccc6n7-c6ccc7c8ccccc8n(-c8ccccc8)c7c6)cc5c4c3)n2)cc1. The molecule has 0 radical (unpaired) electrons. The highest BCUT2D eigenvalue weighted by Crippen LogP contribution is 2.40. The summed E-state index contributed by atoms with van der Waals surface area (Å²) >= 11 is 0. The topological polar surface area (TPSA) is 61.7 Å². The van der Waals surface area contributed by atoms with E-state index in [1.165, 1.54) is 38.1 Å². The first-order chi connectivity index (χ1) is 31.2. The minimum Gasteiger partial charge on any atom is -0.456 e. The van der Waals surface area contributed by atoms with Gasteiger partial charge in [0.15, 0.2) is 17.5 Å². The molecule has 0 atom stereocenters. The van der Waals surface area contributed by atoms with Gasteiger partial charge in [-0.25, -0.2) is 15.0 Å². The Bertz CT molecular complexity index is 3850. The molecule has 63 heavy (non-hydrogen) atoms. The van der Waals surface area contributed by atoms with Crippen LogP contribution < -0.4 is 0 Å². The van der Waals surface area contributed by atoms with Crippen LogP contribution in [0.5, 0.6) is 0 Å². The maximum absolute atomic E-state index is 6.43. The molecule has 6 nitrogen and oxygen atoms in total. The van der Waals surface area contributed by atoms with Crippen LogP contribution in [0.25, 0.3) is 122 Å². The molecule has 4 heterocycles. The van der Waals surface area contributed by atoms with Gasteiger partial charge >= 0.3 is 0 Å². The molecule has 0 bridgehead atoms. The second kappa shape index (κ2) is 14.0. The predicted molar refractivity (Wildman–Crippen MR) is 258 cm³/mol. The summed E-state index contributed by atoms with van der Waals surface area (Å²) in [5, 5.41) is 6.93. The Morgan fingerprint density at radius 1 is 0.270 bits per heavy atom. The zero-order valence-electron chi connectivity index (χ0n) is 33.9. The van der Waals surface area contributed by atoms with Crippen molar-refractivity contribution in [1.82, 2.24) is 24.1 Å². The van der Waals surface area contributed by atoms with Gasteiger partial charge in [0.25, 0.3) is 0 Å². The van der Waals surface area contributed by atoms with Crippen LogP contribution in [0.2, 0.25) is 0 Å². The van der Waals surface area contributed by atoms with Crippen molar-refractivity contribution in [1.29, 1.82) is 0 Å². The van der Waals surface area contributed by atoms with Gasteiger partial charge in [-0.05, 0) is 90.0 Å². The summed E-state index contributed by atoms with van der Waals surface area (Å²) in [6, 6.07) is 74.6. The Kier molecular flexibility index (Phi) is 7.80. The van der Waals surface area contributed by atoms with Crippen molar-refractivity contribution in [3.8, 4) is 56.7 Å². The van der Waals surface area contributed by atoms with E-state index in [1.54, 1.807) is 0 Å². The van der Waals surface area contributed by atoms with E-state index in [-0.39, 0.29) is 0 Å². The van der Waals surface area contributed by atoms with Gasteiger partial charge in [-0.2, -0.15) is 0 Å². The summed E-state index contributed by atoms with van der Waals surface area (Å²) in [6.45, 7) is 0. The second-order valence-corrected chi connectivity index (χ2v) is 16.0. The molecule has 0 unspecified atom stereocenters. The fraction of sp³-hybridized carbons (Fsp3) is 0. The standard InChI is InChI=1S/C57H35N5O/c1-4-14-36(15-5-1)55-58-56(37-16-6-2-7-17-37)60-57(59-55)40-26-31-54-48(34-40)47-33-39(25-30-53(47)63-54)38-24-29-51-46(32-38)44-21-11-13-23-50(44)62(51)42-27-28-45-43-20-10-12-22-49(43)61(52(45)35-42)41-18-8-3-9-19-41/h1-35H. The van der Waals surface area contributed by atoms with Gasteiger partial charge in [-0.3, -0.25) is 0 Å². The van der Waals surface area contributed by atoms with Gasteiger partial charge in [-0.15, -0.1) is 0 Å². The first-order valence-corrected chi connectivity index (χ1v) is 21.2. The van der Waals surface area contributed by atoms with E-state index in [0.29, 0.717) is 17.5 Å². The number of hydrogen-bond acceptors (Lipinski definition) is 4. The van der Waals surface area contributed by atoms with Crippen molar-refractivity contribution in [2.75, 3.05) is 0 Å². The van der Waals surface area contributed by atoms with Crippen LogP contribution in [0.15, 0.2) is 217 Å². The molecule has 0 saturated heterocycles. The normalized spacial score (nSPS) is 11.8. The number of rotatable bonds is 6. The Labute approximate surface area is 361 Å². The number of fused-ring (bicyclic) bond motifs is 9. The lowest BCUT2D eigenvalue weighted by molar-refractivity contribution is 0.669. The highest BCUT2D eigenvalue weighted by Gasteiger charge is 2.19. The van der Waals surface area contributed by atoms with E-state index in [9.17, 15) is 0 Å². The van der Waals surface area contributed by atoms with E-state index in [0.717, 1.165) is 66.6 Å². The molecule has 0 aliphatic heterocycles. The summed E-state index contributed by atoms with van der Waals surface area (Å²) in [4.78, 5) is 14.9. The smallest absolute Gasteiger partial charge is 0.164 e. The summed E-state index contributed by atoms with van der Waals surface area (Å²) in [5.41, 5.74) is 13.6. The van der Waals surface area contributed by atoms with Crippen molar-refractivity contribution < 1.29 is 4.42 Å². The highest BCUT2D eigenvalue weighted by molar-refractivity contribution is 6.13. The summed E-state index contributed by atoms with van der Waals surface area (Å²) in [6.07, 6.45) is 0. The lowest BCUT2D eigenvalue weighted by Crippen LogP contribution is -2.00. The van der Waals surface area contributed by atoms with Crippen LogP contribution in [0.1, 0.15) is 0 Å². The van der Waals surface area contributed by atoms with Crippen LogP contribution >= 0.6 is 0 Å². The van der Waals surface area contributed by atoms with Gasteiger partial charge < -0.3 is 13.6 Å². The molecule has 6 heteroatoms. The van der Waals surface area contributed by atoms with Crippen LogP contribution in [0.4, 0.5) is 0 Å². The molecule has 4 aromatic heterocycles. The minimum absolute atomic E-state index is 0.609. The van der Waals surface area contributed by atoms with Crippen molar-refractivity contribution in [2.24, 2.45) is 0 Å². The zero-order chi connectivity index (χ0) is 41.4. The van der Waals surface area contributed by atoms with Gasteiger partial charge in [0.2, 0.25) is 0 Å². The van der Waals surface area contributed by atoms with Crippen molar-refractivity contribution in [3.05, 3.63) is 212 Å². The van der Waals surface area contributed by atoms with Gasteiger partial charge in [0.1, 0.15) is 11.2 Å². The fourth-order valence-electron chi connectivity index (χ4n) is 9.42. The highest BCUT2D eigenvalue weighted by atomic mass is 16.3. The number of aromatic nitrogens is 5. The van der Waals surface area contributed by atoms with E-state index in [1.807, 2.05) is 72.8 Å². The van der Waals surface area contributed by atoms with Crippen molar-refractivity contribution in [2.45, 2.75) is 0 Å². The van der Waals surface area contributed by atoms with E-state index in [4.69, 9.17) is 19.4 Å². The lowest BCUT2D eigenvalue weighted by Gasteiger charge is -2.11. The van der Waals surface area contributed by atoms with Crippen LogP contribution in [0.3, 0.4) is 0 Å². The zero-order valence-corrected chi connectivity index (χ0v) is 33.9. The maximum atomic E-state index is 6.43. The molecule has 0 amide bonds. The molecule has 0 aliphatic carbocycles. The average molecular weight is 806 g/mol. The molecular formula is C57H35N5O. The summed E-state index contributed by atoms with van der Waals surface area (Å²) < 4.78 is 11.2. The van der Waals surface area contributed by atoms with Crippen molar-refractivity contribution in [3.63, 3.8) is 0 Å². The molecule has 0 spiro atoms. The summed E-state index contributed by atoms with van der Waals surface area (Å²) in [7, 11) is 0. The summed E-state index contributed by atoms with van der Waals surface area (Å²) in [5.74, 6) is 1.87. The molecule has 294 valence electrons. The Morgan fingerprint density at radius 2 is 0.714 bits per heavy atom. The van der Waals surface area contributed by atoms with E-state index < -0.39 is 0 Å². The molecule has 13 rings (SSSR count). The Morgan fingerprint density at radius 3 is 1.35 bits per heavy atom. The molecule has 13 aromatic rings. The molecule has 0 N–H and O–H groups in total. The van der Waals surface area contributed by atoms with Gasteiger partial charge in [-0.1, -0.05) is 133 Å². The Balaban J connectivity index is 0.938. The third kappa shape index (κ3) is 5.69. The lowest BCUT2D eigenvalue weighted by atomic mass is 10.00. The third-order valence-corrected chi connectivity index (χ3v) is 12.4. The Hall–Kier alpha value is -8.61. The number of furan rings is 1. The monoisotopic (exact) mass is 805 g/mol. The van der Waals surface area contributed by atoms with E-state index in [2.05, 4.69) is 149 Å². The van der Waals surface area contributed by atoms with E-state index >= 15 is 0 Å². The predicted octanol–water partition coefficient (Wildman–Crippen LogP) is 14.6. The number of para-hydroxylation sites is 3. The molecular weight excluding hydrogens is 771 g/mol. The van der Waals surface area contributed by atoms with Crippen molar-refractivity contribution >= 4 is 65.6 Å². The largest absolute Gasteiger partial charge is 0.456 e. The quantitative estimate of drug-likeness (QED) is 0.168. The molecule has 9 aromatic carbocycles. The minimum atomic E-state index is 0.609. The van der Waals surface area contributed by atoms with Gasteiger partial charge in [0.05, 0.1) is 22.1 Å². The average Bonchev–Trinajstić information content (AvgIpc) is 4.01. The van der Waals surface area contributed by atoms with Crippen LogP contribution in [-0.4, -0.2) is 24.1 Å². The molecule has 0 saturated carbocycles. The van der Waals surface area contributed by atoms with Crippen LogP contribution in [0, 0.1) is 0 Å². The van der Waals surface area contributed by atoms with Gasteiger partial charge in [0, 0.05) is 60.4 Å². The molecule has 0 fully saturated rings. The first kappa shape index (κ1) is 35.2. The number of nitrogens with zero attached hydrogens (tertiary/aromatic N) is 5. The number of benzene rings is 9. The number of hydrogen-bond donors (Lipinski definition) is 0. The van der Waals surface area contributed by atoms with Crippen LogP contribution in [-0.2, 0) is 0 Å². The second-order valence-electron chi connectivity index (χ2n) is 16.0. The first-order valence-electron chi connectivity index (χ1n) is 21.2. The maximum Gasteiger partial charge on any atom is 0.164 e. The fourth-order valence-corrected chi connectivity index (χ4v) is 9.42. The molecule has 0 aliphatic rings.